The van der Waals surface area contributed by atoms with Crippen molar-refractivity contribution in [3.63, 3.8) is 0 Å². The highest BCUT2D eigenvalue weighted by molar-refractivity contribution is 6.01. The molecule has 0 aliphatic heterocycles. The van der Waals surface area contributed by atoms with E-state index in [1.54, 1.807) is 24.3 Å². The number of hydrogen-bond donors (Lipinski definition) is 1. The monoisotopic (exact) mass is 423 g/mol. The van der Waals surface area contributed by atoms with E-state index in [4.69, 9.17) is 9.47 Å². The third-order valence-electron chi connectivity index (χ3n) is 4.96. The first-order chi connectivity index (χ1) is 15.6. The Morgan fingerprint density at radius 2 is 2.00 bits per heavy atom. The molecule has 1 N–H and O–H groups in total. The fourth-order valence-electron chi connectivity index (χ4n) is 3.51. The molecule has 0 radical (unpaired) electrons. The number of rotatable bonds is 7. The van der Waals surface area contributed by atoms with Crippen molar-refractivity contribution in [2.45, 2.75) is 13.5 Å². The molecule has 4 aromatic rings. The second kappa shape index (κ2) is 9.19. The van der Waals surface area contributed by atoms with Crippen LogP contribution in [0.15, 0.2) is 73.3 Å². The van der Waals surface area contributed by atoms with E-state index in [1.807, 2.05) is 49.4 Å². The topological polar surface area (TPSA) is 88.0 Å². The molecule has 6 heteroatoms. The SMILES string of the molecule is C=CCOc1cc(COC(=O)c2cccc3[nH]c(C)nc23)ccc1-c1ccccc1C#N. The highest BCUT2D eigenvalue weighted by atomic mass is 16.5. The summed E-state index contributed by atoms with van der Waals surface area (Å²) >= 11 is 0. The van der Waals surface area contributed by atoms with Crippen LogP contribution in [0.2, 0.25) is 0 Å². The average molecular weight is 423 g/mol. The maximum atomic E-state index is 12.7. The number of nitrogens with zero attached hydrogens (tertiary/aromatic N) is 2. The molecule has 0 saturated carbocycles. The minimum Gasteiger partial charge on any atom is -0.489 e. The number of nitriles is 1. The Kier molecular flexibility index (Phi) is 6.00. The molecule has 6 nitrogen and oxygen atoms in total. The Hall–Kier alpha value is -4.37. The quantitative estimate of drug-likeness (QED) is 0.321. The summed E-state index contributed by atoms with van der Waals surface area (Å²) in [6, 6.07) is 20.5. The van der Waals surface area contributed by atoms with Gasteiger partial charge in [0.1, 0.15) is 30.3 Å². The maximum absolute atomic E-state index is 12.7. The van der Waals surface area contributed by atoms with Crippen LogP contribution in [0.5, 0.6) is 5.75 Å². The number of fused-ring (bicyclic) bond motifs is 1. The summed E-state index contributed by atoms with van der Waals surface area (Å²) in [7, 11) is 0. The van der Waals surface area contributed by atoms with Crippen molar-refractivity contribution >= 4 is 17.0 Å². The lowest BCUT2D eigenvalue weighted by molar-refractivity contribution is 0.0474. The van der Waals surface area contributed by atoms with Gasteiger partial charge in [-0.3, -0.25) is 0 Å². The van der Waals surface area contributed by atoms with Gasteiger partial charge in [0.2, 0.25) is 0 Å². The van der Waals surface area contributed by atoms with Gasteiger partial charge in [0.05, 0.1) is 22.7 Å². The van der Waals surface area contributed by atoms with Gasteiger partial charge in [-0.25, -0.2) is 9.78 Å². The Labute approximate surface area is 185 Å². The summed E-state index contributed by atoms with van der Waals surface area (Å²) in [6.07, 6.45) is 1.65. The smallest absolute Gasteiger partial charge is 0.340 e. The zero-order chi connectivity index (χ0) is 22.5. The van der Waals surface area contributed by atoms with Crippen LogP contribution < -0.4 is 4.74 Å². The van der Waals surface area contributed by atoms with Crippen molar-refractivity contribution in [1.29, 1.82) is 5.26 Å². The molecule has 0 atom stereocenters. The number of aromatic amines is 1. The van der Waals surface area contributed by atoms with Crippen LogP contribution in [0.3, 0.4) is 0 Å². The van der Waals surface area contributed by atoms with Crippen LogP contribution in [0.25, 0.3) is 22.2 Å². The predicted molar refractivity (Wildman–Crippen MR) is 122 cm³/mol. The van der Waals surface area contributed by atoms with Gasteiger partial charge >= 0.3 is 5.97 Å². The zero-order valence-corrected chi connectivity index (χ0v) is 17.6. The molecule has 32 heavy (non-hydrogen) atoms. The van der Waals surface area contributed by atoms with Crippen molar-refractivity contribution in [3.8, 4) is 22.9 Å². The molecule has 0 bridgehead atoms. The molecular weight excluding hydrogens is 402 g/mol. The summed E-state index contributed by atoms with van der Waals surface area (Å²) in [5.41, 5.74) is 4.67. The third-order valence-corrected chi connectivity index (χ3v) is 4.96. The van der Waals surface area contributed by atoms with Crippen molar-refractivity contribution < 1.29 is 14.3 Å². The Balaban J connectivity index is 1.59. The number of esters is 1. The minimum absolute atomic E-state index is 0.0727. The number of aryl methyl sites for hydroxylation is 1. The Morgan fingerprint density at radius 3 is 2.81 bits per heavy atom. The normalized spacial score (nSPS) is 10.5. The number of nitrogens with one attached hydrogen (secondary N) is 1. The van der Waals surface area contributed by atoms with E-state index in [0.717, 1.165) is 28.0 Å². The molecule has 0 unspecified atom stereocenters. The molecule has 0 aliphatic rings. The molecule has 1 heterocycles. The van der Waals surface area contributed by atoms with Crippen molar-refractivity contribution in [3.05, 3.63) is 95.8 Å². The molecule has 158 valence electrons. The van der Waals surface area contributed by atoms with Gasteiger partial charge in [-0.05, 0) is 36.8 Å². The van der Waals surface area contributed by atoms with Gasteiger partial charge < -0.3 is 14.5 Å². The zero-order valence-electron chi connectivity index (χ0n) is 17.6. The minimum atomic E-state index is -0.449. The van der Waals surface area contributed by atoms with Crippen LogP contribution in [0.4, 0.5) is 0 Å². The van der Waals surface area contributed by atoms with Gasteiger partial charge in [-0.2, -0.15) is 5.26 Å². The number of para-hydroxylation sites is 1. The maximum Gasteiger partial charge on any atom is 0.340 e. The molecular formula is C26H21N3O3. The largest absolute Gasteiger partial charge is 0.489 e. The highest BCUT2D eigenvalue weighted by Gasteiger charge is 2.16. The number of carbonyl (C=O) groups is 1. The van der Waals surface area contributed by atoms with E-state index >= 15 is 0 Å². The van der Waals surface area contributed by atoms with E-state index in [0.29, 0.717) is 29.0 Å². The first-order valence-corrected chi connectivity index (χ1v) is 10.1. The summed E-state index contributed by atoms with van der Waals surface area (Å²) in [5.74, 6) is 0.873. The average Bonchev–Trinajstić information content (AvgIpc) is 3.21. The molecule has 0 amide bonds. The van der Waals surface area contributed by atoms with Gasteiger partial charge in [0.25, 0.3) is 0 Å². The van der Waals surface area contributed by atoms with E-state index in [1.165, 1.54) is 0 Å². The Morgan fingerprint density at radius 1 is 1.16 bits per heavy atom. The van der Waals surface area contributed by atoms with Gasteiger partial charge in [0, 0.05) is 11.1 Å². The lowest BCUT2D eigenvalue weighted by Crippen LogP contribution is -2.06. The molecule has 4 rings (SSSR count). The van der Waals surface area contributed by atoms with E-state index in [2.05, 4.69) is 22.6 Å². The number of imidazole rings is 1. The van der Waals surface area contributed by atoms with Crippen molar-refractivity contribution in [1.82, 2.24) is 9.97 Å². The predicted octanol–water partition coefficient (Wildman–Crippen LogP) is 5.33. The lowest BCUT2D eigenvalue weighted by atomic mass is 9.98. The van der Waals surface area contributed by atoms with Crippen LogP contribution in [0, 0.1) is 18.3 Å². The Bertz CT molecular complexity index is 1350. The number of ether oxygens (including phenoxy) is 2. The molecule has 0 fully saturated rings. The van der Waals surface area contributed by atoms with E-state index < -0.39 is 5.97 Å². The number of benzene rings is 3. The van der Waals surface area contributed by atoms with Gasteiger partial charge in [0.15, 0.2) is 0 Å². The third kappa shape index (κ3) is 4.23. The standard InChI is InChI=1S/C26H21N3O3/c1-3-13-31-24-14-18(11-12-21(24)20-8-5-4-7-19(20)15-27)16-32-26(30)22-9-6-10-23-25(22)29-17(2)28-23/h3-12,14H,1,13,16H2,2H3,(H,28,29). The van der Waals surface area contributed by atoms with Crippen molar-refractivity contribution in [2.75, 3.05) is 6.61 Å². The first kappa shape index (κ1) is 20.9. The lowest BCUT2D eigenvalue weighted by Gasteiger charge is -2.14. The van der Waals surface area contributed by atoms with E-state index in [-0.39, 0.29) is 6.61 Å². The first-order valence-electron chi connectivity index (χ1n) is 10.1. The fourth-order valence-corrected chi connectivity index (χ4v) is 3.51. The second-order valence-electron chi connectivity index (χ2n) is 7.19. The van der Waals surface area contributed by atoms with E-state index in [9.17, 15) is 10.1 Å². The molecule has 3 aromatic carbocycles. The van der Waals surface area contributed by atoms with Crippen LogP contribution in [-0.4, -0.2) is 22.5 Å². The van der Waals surface area contributed by atoms with Crippen LogP contribution in [0.1, 0.15) is 27.3 Å². The van der Waals surface area contributed by atoms with Crippen LogP contribution in [-0.2, 0) is 11.3 Å². The highest BCUT2D eigenvalue weighted by Crippen LogP contribution is 2.33. The summed E-state index contributed by atoms with van der Waals surface area (Å²) < 4.78 is 11.4. The van der Waals surface area contributed by atoms with Gasteiger partial charge in [-0.1, -0.05) is 49.1 Å². The summed E-state index contributed by atoms with van der Waals surface area (Å²) in [4.78, 5) is 20.2. The summed E-state index contributed by atoms with van der Waals surface area (Å²) in [6.45, 7) is 5.92. The molecule has 1 aromatic heterocycles. The molecule has 0 aliphatic carbocycles. The van der Waals surface area contributed by atoms with Crippen LogP contribution >= 0.6 is 0 Å². The number of carbonyl (C=O) groups excluding carboxylic acids is 1. The fraction of sp³-hybridized carbons (Fsp3) is 0.115. The second-order valence-corrected chi connectivity index (χ2v) is 7.19. The molecule has 0 spiro atoms. The van der Waals surface area contributed by atoms with Gasteiger partial charge in [-0.15, -0.1) is 0 Å². The summed E-state index contributed by atoms with van der Waals surface area (Å²) in [5, 5.41) is 9.46. The molecule has 0 saturated heterocycles. The number of aromatic nitrogens is 2. The number of H-pyrrole nitrogens is 1. The number of hydrogen-bond acceptors (Lipinski definition) is 5. The van der Waals surface area contributed by atoms with Crippen molar-refractivity contribution in [2.24, 2.45) is 0 Å².